The summed E-state index contributed by atoms with van der Waals surface area (Å²) < 4.78 is 2.26. The predicted molar refractivity (Wildman–Crippen MR) is 70.5 cm³/mol. The minimum Gasteiger partial charge on any atom is -0.348 e. The first-order valence-electron chi connectivity index (χ1n) is 6.52. The summed E-state index contributed by atoms with van der Waals surface area (Å²) in [5.41, 5.74) is 4.73. The van der Waals surface area contributed by atoms with Gasteiger partial charge in [0.25, 0.3) is 0 Å². The van der Waals surface area contributed by atoms with Crippen molar-refractivity contribution >= 4 is 6.29 Å². The van der Waals surface area contributed by atoms with Crippen molar-refractivity contribution in [2.24, 2.45) is 0 Å². The third kappa shape index (κ3) is 2.68. The highest BCUT2D eigenvalue weighted by Crippen LogP contribution is 2.22. The molecule has 0 atom stereocenters. The van der Waals surface area contributed by atoms with Gasteiger partial charge in [0.1, 0.15) is 0 Å². The van der Waals surface area contributed by atoms with Crippen molar-refractivity contribution in [2.75, 3.05) is 0 Å². The van der Waals surface area contributed by atoms with Crippen LogP contribution in [0.15, 0.2) is 17.7 Å². The first kappa shape index (κ1) is 12.2. The Balaban J connectivity index is 2.05. The van der Waals surface area contributed by atoms with E-state index in [2.05, 4.69) is 17.6 Å². The second kappa shape index (κ2) is 5.35. The maximum Gasteiger partial charge on any atom is 0.151 e. The fourth-order valence-corrected chi connectivity index (χ4v) is 2.68. The Hall–Kier alpha value is -1.31. The molecule has 1 aromatic heterocycles. The number of hydrogen-bond donors (Lipinski definition) is 0. The Morgan fingerprint density at radius 2 is 2.18 bits per heavy atom. The van der Waals surface area contributed by atoms with Gasteiger partial charge in [-0.1, -0.05) is 11.6 Å². The van der Waals surface area contributed by atoms with E-state index < -0.39 is 0 Å². The first-order valence-corrected chi connectivity index (χ1v) is 6.52. The van der Waals surface area contributed by atoms with E-state index in [4.69, 9.17) is 0 Å². The lowest BCUT2D eigenvalue weighted by molar-refractivity contribution is 0.112. The van der Waals surface area contributed by atoms with Crippen LogP contribution < -0.4 is 0 Å². The molecular weight excluding hydrogens is 210 g/mol. The van der Waals surface area contributed by atoms with Crippen LogP contribution in [0.2, 0.25) is 0 Å². The number of hydrogen-bond acceptors (Lipinski definition) is 1. The van der Waals surface area contributed by atoms with Crippen molar-refractivity contribution in [2.45, 2.75) is 52.5 Å². The number of aldehydes is 1. The molecule has 2 rings (SSSR count). The number of rotatable bonds is 4. The van der Waals surface area contributed by atoms with Gasteiger partial charge >= 0.3 is 0 Å². The summed E-state index contributed by atoms with van der Waals surface area (Å²) >= 11 is 0. The molecule has 1 aromatic rings. The van der Waals surface area contributed by atoms with Gasteiger partial charge in [0, 0.05) is 23.5 Å². The number of aryl methyl sites for hydroxylation is 1. The number of aromatic nitrogens is 1. The minimum atomic E-state index is 0.833. The summed E-state index contributed by atoms with van der Waals surface area (Å²) in [6.45, 7) is 5.12. The van der Waals surface area contributed by atoms with Gasteiger partial charge in [0.15, 0.2) is 6.29 Å². The summed E-state index contributed by atoms with van der Waals surface area (Å²) in [5.74, 6) is 0. The lowest BCUT2D eigenvalue weighted by atomic mass is 9.97. The van der Waals surface area contributed by atoms with E-state index in [1.807, 2.05) is 13.0 Å². The summed E-state index contributed by atoms with van der Waals surface area (Å²) in [4.78, 5) is 10.9. The molecule has 0 aromatic carbocycles. The third-order valence-electron chi connectivity index (χ3n) is 3.78. The molecule has 1 heterocycles. The SMILES string of the molecule is Cc1cc(C=O)c(C)n1CCC1=CCCCC1. The molecule has 0 aliphatic heterocycles. The van der Waals surface area contributed by atoms with Crippen LogP contribution in [0.5, 0.6) is 0 Å². The average Bonchev–Trinajstić information content (AvgIpc) is 2.63. The summed E-state index contributed by atoms with van der Waals surface area (Å²) in [6, 6.07) is 1.98. The van der Waals surface area contributed by atoms with Crippen molar-refractivity contribution in [3.8, 4) is 0 Å². The highest BCUT2D eigenvalue weighted by atomic mass is 16.1. The van der Waals surface area contributed by atoms with Gasteiger partial charge in [0.05, 0.1) is 0 Å². The van der Waals surface area contributed by atoms with E-state index in [0.29, 0.717) is 0 Å². The van der Waals surface area contributed by atoms with Gasteiger partial charge in [-0.2, -0.15) is 0 Å². The average molecular weight is 231 g/mol. The molecule has 0 fully saturated rings. The topological polar surface area (TPSA) is 22.0 Å². The second-order valence-electron chi connectivity index (χ2n) is 4.95. The van der Waals surface area contributed by atoms with E-state index in [-0.39, 0.29) is 0 Å². The highest BCUT2D eigenvalue weighted by Gasteiger charge is 2.09. The fraction of sp³-hybridized carbons (Fsp3) is 0.533. The molecule has 0 amide bonds. The Labute approximate surface area is 103 Å². The molecule has 0 spiro atoms. The van der Waals surface area contributed by atoms with Crippen molar-refractivity contribution in [3.05, 3.63) is 34.7 Å². The standard InChI is InChI=1S/C15H21NO/c1-12-10-15(11-17)13(2)16(12)9-8-14-6-4-3-5-7-14/h6,10-11H,3-5,7-9H2,1-2H3. The molecule has 2 nitrogen and oxygen atoms in total. The quantitative estimate of drug-likeness (QED) is 0.570. The summed E-state index contributed by atoms with van der Waals surface area (Å²) in [7, 11) is 0. The highest BCUT2D eigenvalue weighted by molar-refractivity contribution is 5.77. The number of nitrogens with zero attached hydrogens (tertiary/aromatic N) is 1. The normalized spacial score (nSPS) is 15.8. The van der Waals surface area contributed by atoms with E-state index in [0.717, 1.165) is 30.5 Å². The molecule has 0 radical (unpaired) electrons. The maximum absolute atomic E-state index is 10.9. The Kier molecular flexibility index (Phi) is 3.82. The molecule has 1 aliphatic rings. The smallest absolute Gasteiger partial charge is 0.151 e. The second-order valence-corrected chi connectivity index (χ2v) is 4.95. The molecule has 17 heavy (non-hydrogen) atoms. The zero-order chi connectivity index (χ0) is 12.3. The van der Waals surface area contributed by atoms with Crippen LogP contribution >= 0.6 is 0 Å². The lowest BCUT2D eigenvalue weighted by Crippen LogP contribution is -2.05. The number of carbonyl (C=O) groups excluding carboxylic acids is 1. The zero-order valence-corrected chi connectivity index (χ0v) is 10.8. The fourth-order valence-electron chi connectivity index (χ4n) is 2.68. The zero-order valence-electron chi connectivity index (χ0n) is 10.8. The van der Waals surface area contributed by atoms with Crippen molar-refractivity contribution < 1.29 is 4.79 Å². The third-order valence-corrected chi connectivity index (χ3v) is 3.78. The van der Waals surface area contributed by atoms with Gasteiger partial charge in [-0.25, -0.2) is 0 Å². The Bertz CT molecular complexity index is 440. The molecule has 0 N–H and O–H groups in total. The Morgan fingerprint density at radius 1 is 1.35 bits per heavy atom. The van der Waals surface area contributed by atoms with Crippen LogP contribution in [-0.4, -0.2) is 10.9 Å². The van der Waals surface area contributed by atoms with Gasteiger partial charge in [-0.05, 0) is 52.0 Å². The van der Waals surface area contributed by atoms with Crippen molar-refractivity contribution in [3.63, 3.8) is 0 Å². The van der Waals surface area contributed by atoms with Crippen LogP contribution in [0.4, 0.5) is 0 Å². The predicted octanol–water partition coefficient (Wildman–Crippen LogP) is 3.81. The first-order chi connectivity index (χ1) is 8.22. The molecule has 0 bridgehead atoms. The molecule has 92 valence electrons. The molecule has 0 unspecified atom stereocenters. The molecule has 0 saturated heterocycles. The summed E-state index contributed by atoms with van der Waals surface area (Å²) in [6.07, 6.45) is 9.69. The van der Waals surface area contributed by atoms with Gasteiger partial charge < -0.3 is 4.57 Å². The van der Waals surface area contributed by atoms with Gasteiger partial charge in [0.2, 0.25) is 0 Å². The van der Waals surface area contributed by atoms with E-state index in [9.17, 15) is 4.79 Å². The van der Waals surface area contributed by atoms with Crippen LogP contribution in [0, 0.1) is 13.8 Å². The molecular formula is C15H21NO. The van der Waals surface area contributed by atoms with Crippen LogP contribution in [0.25, 0.3) is 0 Å². The lowest BCUT2D eigenvalue weighted by Gasteiger charge is -2.15. The number of allylic oxidation sites excluding steroid dienone is 2. The van der Waals surface area contributed by atoms with Gasteiger partial charge in [-0.15, -0.1) is 0 Å². The van der Waals surface area contributed by atoms with Crippen molar-refractivity contribution in [1.29, 1.82) is 0 Å². The van der Waals surface area contributed by atoms with E-state index in [1.165, 1.54) is 31.4 Å². The Morgan fingerprint density at radius 3 is 2.76 bits per heavy atom. The molecule has 2 heteroatoms. The monoisotopic (exact) mass is 231 g/mol. The van der Waals surface area contributed by atoms with E-state index >= 15 is 0 Å². The van der Waals surface area contributed by atoms with E-state index in [1.54, 1.807) is 5.57 Å². The molecule has 0 saturated carbocycles. The van der Waals surface area contributed by atoms with Gasteiger partial charge in [-0.3, -0.25) is 4.79 Å². The largest absolute Gasteiger partial charge is 0.348 e. The van der Waals surface area contributed by atoms with Crippen LogP contribution in [0.3, 0.4) is 0 Å². The summed E-state index contributed by atoms with van der Waals surface area (Å²) in [5, 5.41) is 0. The van der Waals surface area contributed by atoms with Crippen LogP contribution in [-0.2, 0) is 6.54 Å². The maximum atomic E-state index is 10.9. The number of carbonyl (C=O) groups is 1. The molecule has 1 aliphatic carbocycles. The minimum absolute atomic E-state index is 0.833. The van der Waals surface area contributed by atoms with Crippen molar-refractivity contribution in [1.82, 2.24) is 4.57 Å². The van der Waals surface area contributed by atoms with Crippen LogP contribution in [0.1, 0.15) is 53.8 Å².